The van der Waals surface area contributed by atoms with Gasteiger partial charge in [-0.2, -0.15) is 5.26 Å². The molecule has 2 rings (SSSR count). The molecule has 1 aliphatic heterocycles. The smallest absolute Gasteiger partial charge is 0.102 e. The second-order valence-corrected chi connectivity index (χ2v) is 6.44. The maximum atomic E-state index is 9.42. The minimum Gasteiger partial charge on any atom is -0.373 e. The van der Waals surface area contributed by atoms with Crippen LogP contribution in [0.4, 0.5) is 5.69 Å². The van der Waals surface area contributed by atoms with E-state index in [0.29, 0.717) is 0 Å². The van der Waals surface area contributed by atoms with E-state index in [1.807, 2.05) is 18.4 Å². The van der Waals surface area contributed by atoms with Gasteiger partial charge in [0.1, 0.15) is 6.07 Å². The number of nitrogens with zero attached hydrogens (tertiary/aromatic N) is 3. The molecule has 1 fully saturated rings. The van der Waals surface area contributed by atoms with E-state index in [9.17, 15) is 5.26 Å². The molecule has 3 nitrogen and oxygen atoms in total. The third-order valence-corrected chi connectivity index (χ3v) is 4.90. The summed E-state index contributed by atoms with van der Waals surface area (Å²) in [7, 11) is 4.30. The average Bonchev–Trinajstić information content (AvgIpc) is 2.48. The topological polar surface area (TPSA) is 30.3 Å². The summed E-state index contributed by atoms with van der Waals surface area (Å²) < 4.78 is 0. The maximum Gasteiger partial charge on any atom is 0.102 e. The summed E-state index contributed by atoms with van der Waals surface area (Å²) in [6, 6.07) is 8.51. The summed E-state index contributed by atoms with van der Waals surface area (Å²) in [5, 5.41) is 9.42. The van der Waals surface area contributed by atoms with Crippen molar-refractivity contribution in [1.82, 2.24) is 4.90 Å². The van der Waals surface area contributed by atoms with Crippen molar-refractivity contribution in [2.75, 3.05) is 44.9 Å². The molecule has 20 heavy (non-hydrogen) atoms. The molecule has 0 radical (unpaired) electrons. The molecule has 0 spiro atoms. The number of likely N-dealkylation sites (tertiary alicyclic amines) is 1. The van der Waals surface area contributed by atoms with Gasteiger partial charge in [-0.1, -0.05) is 6.07 Å². The molecular weight excluding hydrogens is 266 g/mol. The molecule has 1 aliphatic rings. The van der Waals surface area contributed by atoms with Crippen LogP contribution in [-0.4, -0.2) is 44.9 Å². The van der Waals surface area contributed by atoms with E-state index in [1.54, 1.807) is 11.8 Å². The SMILES string of the molecule is CSc1cccc(N(C)CC2CCN(C)CC2)c1C#N. The molecule has 0 saturated carbocycles. The molecule has 1 aromatic rings. The van der Waals surface area contributed by atoms with Gasteiger partial charge in [-0.3, -0.25) is 0 Å². The van der Waals surface area contributed by atoms with E-state index in [4.69, 9.17) is 0 Å². The van der Waals surface area contributed by atoms with Crippen molar-refractivity contribution in [2.45, 2.75) is 17.7 Å². The largest absolute Gasteiger partial charge is 0.373 e. The fourth-order valence-corrected chi connectivity index (χ4v) is 3.42. The van der Waals surface area contributed by atoms with E-state index in [2.05, 4.69) is 36.0 Å². The van der Waals surface area contributed by atoms with Crippen LogP contribution in [0.2, 0.25) is 0 Å². The molecular formula is C16H23N3S. The number of rotatable bonds is 4. The number of benzene rings is 1. The summed E-state index contributed by atoms with van der Waals surface area (Å²) in [5.74, 6) is 0.737. The molecule has 0 aliphatic carbocycles. The third-order valence-electron chi connectivity index (χ3n) is 4.12. The van der Waals surface area contributed by atoms with Crippen molar-refractivity contribution in [1.29, 1.82) is 5.26 Å². The Morgan fingerprint density at radius 2 is 2.10 bits per heavy atom. The van der Waals surface area contributed by atoms with E-state index in [0.717, 1.165) is 28.6 Å². The van der Waals surface area contributed by atoms with Gasteiger partial charge in [-0.05, 0) is 57.3 Å². The van der Waals surface area contributed by atoms with Crippen LogP contribution < -0.4 is 4.90 Å². The predicted molar refractivity (Wildman–Crippen MR) is 86.4 cm³/mol. The second kappa shape index (κ2) is 7.01. The lowest BCUT2D eigenvalue weighted by molar-refractivity contribution is 0.222. The van der Waals surface area contributed by atoms with E-state index < -0.39 is 0 Å². The Morgan fingerprint density at radius 1 is 1.40 bits per heavy atom. The van der Waals surface area contributed by atoms with Gasteiger partial charge in [0.05, 0.1) is 11.3 Å². The summed E-state index contributed by atoms with van der Waals surface area (Å²) >= 11 is 1.64. The van der Waals surface area contributed by atoms with Crippen molar-refractivity contribution in [3.63, 3.8) is 0 Å². The van der Waals surface area contributed by atoms with Gasteiger partial charge in [0.2, 0.25) is 0 Å². The fraction of sp³-hybridized carbons (Fsp3) is 0.562. The molecule has 1 aromatic carbocycles. The second-order valence-electron chi connectivity index (χ2n) is 5.59. The van der Waals surface area contributed by atoms with E-state index in [-0.39, 0.29) is 0 Å². The lowest BCUT2D eigenvalue weighted by Crippen LogP contribution is -2.35. The highest BCUT2D eigenvalue weighted by Crippen LogP contribution is 2.29. The Hall–Kier alpha value is -1.18. The Bertz CT molecular complexity index is 487. The Kier molecular flexibility index (Phi) is 5.33. The first-order valence-corrected chi connectivity index (χ1v) is 8.35. The number of thioether (sulfide) groups is 1. The molecule has 0 aromatic heterocycles. The molecule has 0 bridgehead atoms. The average molecular weight is 289 g/mol. The van der Waals surface area contributed by atoms with Gasteiger partial charge < -0.3 is 9.80 Å². The van der Waals surface area contributed by atoms with Crippen LogP contribution in [0, 0.1) is 17.2 Å². The zero-order chi connectivity index (χ0) is 14.5. The monoisotopic (exact) mass is 289 g/mol. The molecule has 1 saturated heterocycles. The zero-order valence-corrected chi connectivity index (χ0v) is 13.4. The predicted octanol–water partition coefficient (Wildman–Crippen LogP) is 3.06. The van der Waals surface area contributed by atoms with Crippen molar-refractivity contribution < 1.29 is 0 Å². The van der Waals surface area contributed by atoms with Crippen molar-refractivity contribution in [3.8, 4) is 6.07 Å². The van der Waals surface area contributed by atoms with Crippen LogP contribution in [-0.2, 0) is 0 Å². The van der Waals surface area contributed by atoms with Gasteiger partial charge in [0.15, 0.2) is 0 Å². The van der Waals surface area contributed by atoms with Gasteiger partial charge in [-0.25, -0.2) is 0 Å². The molecule has 1 heterocycles. The van der Waals surface area contributed by atoms with Crippen LogP contribution in [0.5, 0.6) is 0 Å². The van der Waals surface area contributed by atoms with Gasteiger partial charge in [0.25, 0.3) is 0 Å². The Balaban J connectivity index is 2.09. The minimum absolute atomic E-state index is 0.737. The molecule has 0 N–H and O–H groups in total. The number of nitriles is 1. The van der Waals surface area contributed by atoms with Gasteiger partial charge >= 0.3 is 0 Å². The molecule has 0 amide bonds. The highest BCUT2D eigenvalue weighted by molar-refractivity contribution is 7.98. The highest BCUT2D eigenvalue weighted by Gasteiger charge is 2.20. The lowest BCUT2D eigenvalue weighted by Gasteiger charge is -2.32. The first kappa shape index (κ1) is 15.2. The van der Waals surface area contributed by atoms with Crippen LogP contribution >= 0.6 is 11.8 Å². The summed E-state index contributed by atoms with van der Waals surface area (Å²) in [6.45, 7) is 3.42. The molecule has 4 heteroatoms. The minimum atomic E-state index is 0.737. The normalized spacial score (nSPS) is 16.9. The highest BCUT2D eigenvalue weighted by atomic mass is 32.2. The maximum absolute atomic E-state index is 9.42. The molecule has 108 valence electrons. The van der Waals surface area contributed by atoms with E-state index in [1.165, 1.54) is 25.9 Å². The van der Waals surface area contributed by atoms with Crippen LogP contribution in [0.25, 0.3) is 0 Å². The lowest BCUT2D eigenvalue weighted by atomic mass is 9.96. The van der Waals surface area contributed by atoms with Crippen molar-refractivity contribution >= 4 is 17.4 Å². The number of anilines is 1. The third kappa shape index (κ3) is 3.47. The standard InChI is InChI=1S/C16H23N3S/c1-18-9-7-13(8-10-18)12-19(2)15-5-4-6-16(20-3)14(15)11-17/h4-6,13H,7-10,12H2,1-3H3. The molecule has 0 atom stereocenters. The van der Waals surface area contributed by atoms with Gasteiger partial charge in [-0.15, -0.1) is 11.8 Å². The Morgan fingerprint density at radius 3 is 2.70 bits per heavy atom. The van der Waals surface area contributed by atoms with Crippen LogP contribution in [0.15, 0.2) is 23.1 Å². The summed E-state index contributed by atoms with van der Waals surface area (Å²) in [5.41, 5.74) is 1.88. The fourth-order valence-electron chi connectivity index (χ4n) is 2.85. The number of hydrogen-bond acceptors (Lipinski definition) is 4. The number of hydrogen-bond donors (Lipinski definition) is 0. The quantitative estimate of drug-likeness (QED) is 0.797. The first-order chi connectivity index (χ1) is 9.65. The van der Waals surface area contributed by atoms with Gasteiger partial charge in [0, 0.05) is 18.5 Å². The van der Waals surface area contributed by atoms with Crippen molar-refractivity contribution in [2.24, 2.45) is 5.92 Å². The summed E-state index contributed by atoms with van der Waals surface area (Å²) in [4.78, 5) is 5.72. The first-order valence-electron chi connectivity index (χ1n) is 7.12. The van der Waals surface area contributed by atoms with E-state index >= 15 is 0 Å². The molecule has 0 unspecified atom stereocenters. The van der Waals surface area contributed by atoms with Crippen LogP contribution in [0.1, 0.15) is 18.4 Å². The van der Waals surface area contributed by atoms with Crippen molar-refractivity contribution in [3.05, 3.63) is 23.8 Å². The number of piperidine rings is 1. The Labute approximate surface area is 126 Å². The zero-order valence-electron chi connectivity index (χ0n) is 12.6. The van der Waals surface area contributed by atoms with Crippen LogP contribution in [0.3, 0.4) is 0 Å². The summed E-state index contributed by atoms with van der Waals surface area (Å²) in [6.07, 6.45) is 4.53.